The molecule has 1 aliphatic rings. The summed E-state index contributed by atoms with van der Waals surface area (Å²) in [5, 5.41) is 9.17. The molecule has 2 heterocycles. The van der Waals surface area contributed by atoms with Gasteiger partial charge in [-0.2, -0.15) is 0 Å². The average molecular weight is 415 g/mol. The molecule has 0 aliphatic carbocycles. The Morgan fingerprint density at radius 1 is 1.07 bits per heavy atom. The van der Waals surface area contributed by atoms with E-state index in [-0.39, 0.29) is 11.5 Å². The van der Waals surface area contributed by atoms with E-state index in [0.717, 1.165) is 0 Å². The van der Waals surface area contributed by atoms with Crippen LogP contribution < -0.4 is 19.6 Å². The second-order valence-corrected chi connectivity index (χ2v) is 6.91. The molecule has 4 rings (SSSR count). The van der Waals surface area contributed by atoms with Gasteiger partial charge in [0.05, 0.1) is 27.1 Å². The minimum Gasteiger partial charge on any atom is -0.493 e. The minimum atomic E-state index is -0.383. The highest BCUT2D eigenvalue weighted by molar-refractivity contribution is 7.99. The third-order valence-electron chi connectivity index (χ3n) is 4.24. The first kappa shape index (κ1) is 19.1. The number of hydrogen-bond donors (Lipinski definition) is 1. The molecule has 8 nitrogen and oxygen atoms in total. The Labute approximate surface area is 170 Å². The number of benzene rings is 2. The maximum atomic E-state index is 14.0. The highest BCUT2D eigenvalue weighted by atomic mass is 32.2. The van der Waals surface area contributed by atoms with Crippen LogP contribution in [0.25, 0.3) is 11.4 Å². The van der Waals surface area contributed by atoms with E-state index >= 15 is 0 Å². The van der Waals surface area contributed by atoms with Crippen molar-refractivity contribution in [3.63, 3.8) is 0 Å². The van der Waals surface area contributed by atoms with Crippen molar-refractivity contribution in [1.82, 2.24) is 14.9 Å². The second kappa shape index (κ2) is 8.00. The first-order valence-electron chi connectivity index (χ1n) is 8.62. The molecule has 29 heavy (non-hydrogen) atoms. The van der Waals surface area contributed by atoms with Gasteiger partial charge in [0.25, 0.3) is 0 Å². The topological polar surface area (TPSA) is 82.8 Å². The number of fused-ring (bicyclic) bond motifs is 1. The molecule has 3 aromatic rings. The number of thioether (sulfide) groups is 1. The van der Waals surface area contributed by atoms with Crippen molar-refractivity contribution in [1.29, 1.82) is 0 Å². The van der Waals surface area contributed by atoms with E-state index in [9.17, 15) is 4.39 Å². The Balaban J connectivity index is 1.74. The third kappa shape index (κ3) is 3.58. The summed E-state index contributed by atoms with van der Waals surface area (Å²) in [4.78, 5) is 4.39. The van der Waals surface area contributed by atoms with Crippen molar-refractivity contribution in [3.8, 4) is 28.6 Å². The number of aromatic nitrogens is 3. The average Bonchev–Trinajstić information content (AvgIpc) is 3.17. The zero-order valence-electron chi connectivity index (χ0n) is 16.0. The highest BCUT2D eigenvalue weighted by Gasteiger charge is 2.23. The van der Waals surface area contributed by atoms with Gasteiger partial charge in [-0.3, -0.25) is 5.43 Å². The van der Waals surface area contributed by atoms with Crippen LogP contribution in [0.1, 0.15) is 0 Å². The van der Waals surface area contributed by atoms with E-state index in [1.54, 1.807) is 56.3 Å². The fourth-order valence-electron chi connectivity index (χ4n) is 2.90. The Bertz CT molecular complexity index is 1060. The quantitative estimate of drug-likeness (QED) is 0.683. The molecular weight excluding hydrogens is 397 g/mol. The Hall–Kier alpha value is -3.27. The maximum Gasteiger partial charge on any atom is 0.211 e. The van der Waals surface area contributed by atoms with Gasteiger partial charge in [-0.15, -0.1) is 10.2 Å². The number of nitrogens with one attached hydrogen (secondary N) is 1. The van der Waals surface area contributed by atoms with Gasteiger partial charge < -0.3 is 14.2 Å². The van der Waals surface area contributed by atoms with Gasteiger partial charge in [0.1, 0.15) is 17.3 Å². The van der Waals surface area contributed by atoms with Crippen LogP contribution in [-0.4, -0.2) is 47.8 Å². The number of para-hydroxylation sites is 1. The van der Waals surface area contributed by atoms with Crippen molar-refractivity contribution in [2.75, 3.05) is 32.5 Å². The summed E-state index contributed by atoms with van der Waals surface area (Å²) in [7, 11) is 4.64. The van der Waals surface area contributed by atoms with Crippen LogP contribution in [0.3, 0.4) is 0 Å². The summed E-state index contributed by atoms with van der Waals surface area (Å²) < 4.78 is 31.9. The standard InChI is InChI=1S/C19H18FN5O3S/c1-26-14-8-11(9-15(27-2)17(14)28-3)18-22-23-19-25(18)24-16(10-29-19)21-13-7-5-4-6-12(13)20/h4-9H,10H2,1-3H3,(H,21,24). The minimum absolute atomic E-state index is 0.265. The number of hydrogen-bond acceptors (Lipinski definition) is 7. The van der Waals surface area contributed by atoms with E-state index in [2.05, 4.69) is 20.6 Å². The maximum absolute atomic E-state index is 14.0. The number of nitrogens with zero attached hydrogens (tertiary/aromatic N) is 4. The van der Waals surface area contributed by atoms with E-state index in [4.69, 9.17) is 14.2 Å². The lowest BCUT2D eigenvalue weighted by Gasteiger charge is -2.19. The number of aliphatic imine (C=N–C) groups is 1. The van der Waals surface area contributed by atoms with Crippen LogP contribution >= 0.6 is 11.8 Å². The van der Waals surface area contributed by atoms with E-state index in [0.29, 0.717) is 45.4 Å². The van der Waals surface area contributed by atoms with Gasteiger partial charge in [-0.05, 0) is 24.3 Å². The zero-order chi connectivity index (χ0) is 20.4. The molecule has 0 amide bonds. The molecule has 0 atom stereocenters. The second-order valence-electron chi connectivity index (χ2n) is 5.97. The van der Waals surface area contributed by atoms with Gasteiger partial charge in [0.2, 0.25) is 10.9 Å². The molecular formula is C19H18FN5O3S. The molecule has 1 aromatic heterocycles. The van der Waals surface area contributed by atoms with Crippen molar-refractivity contribution in [2.45, 2.75) is 5.16 Å². The summed E-state index contributed by atoms with van der Waals surface area (Å²) in [6.45, 7) is 0. The van der Waals surface area contributed by atoms with Crippen molar-refractivity contribution in [3.05, 3.63) is 42.2 Å². The van der Waals surface area contributed by atoms with Crippen LogP contribution in [0, 0.1) is 5.82 Å². The third-order valence-corrected chi connectivity index (χ3v) is 5.18. The molecule has 2 aromatic carbocycles. The summed E-state index contributed by atoms with van der Waals surface area (Å²) in [5.74, 6) is 2.74. The van der Waals surface area contributed by atoms with Gasteiger partial charge in [-0.25, -0.2) is 14.1 Å². The van der Waals surface area contributed by atoms with E-state index in [1.807, 2.05) is 0 Å². The molecule has 10 heteroatoms. The fraction of sp³-hybridized carbons (Fsp3) is 0.211. The highest BCUT2D eigenvalue weighted by Crippen LogP contribution is 2.41. The normalized spacial score (nSPS) is 14.3. The number of ether oxygens (including phenoxy) is 3. The van der Waals surface area contributed by atoms with Crippen LogP contribution in [0.2, 0.25) is 0 Å². The number of amidine groups is 1. The van der Waals surface area contributed by atoms with Gasteiger partial charge in [-0.1, -0.05) is 23.9 Å². The molecule has 0 saturated heterocycles. The van der Waals surface area contributed by atoms with Crippen molar-refractivity contribution in [2.24, 2.45) is 4.99 Å². The van der Waals surface area contributed by atoms with Gasteiger partial charge >= 0.3 is 0 Å². The monoisotopic (exact) mass is 415 g/mol. The van der Waals surface area contributed by atoms with Crippen molar-refractivity contribution >= 4 is 23.3 Å². The summed E-state index contributed by atoms with van der Waals surface area (Å²) in [5.41, 5.74) is 4.14. The summed E-state index contributed by atoms with van der Waals surface area (Å²) >= 11 is 1.45. The first-order valence-corrected chi connectivity index (χ1v) is 9.61. The molecule has 0 fully saturated rings. The molecule has 0 bridgehead atoms. The summed E-state index contributed by atoms with van der Waals surface area (Å²) in [6.07, 6.45) is 0. The zero-order valence-corrected chi connectivity index (χ0v) is 16.8. The molecule has 150 valence electrons. The Kier molecular flexibility index (Phi) is 5.26. The lowest BCUT2D eigenvalue weighted by Crippen LogP contribution is -2.30. The lowest BCUT2D eigenvalue weighted by atomic mass is 10.1. The lowest BCUT2D eigenvalue weighted by molar-refractivity contribution is 0.324. The van der Waals surface area contributed by atoms with E-state index in [1.165, 1.54) is 17.8 Å². The van der Waals surface area contributed by atoms with Crippen LogP contribution in [0.15, 0.2) is 46.5 Å². The SMILES string of the molecule is COc1cc(-c2nnc3n2NC(=Nc2ccccc2F)CS3)cc(OC)c1OC. The van der Waals surface area contributed by atoms with Gasteiger partial charge in [0, 0.05) is 5.56 Å². The summed E-state index contributed by atoms with van der Waals surface area (Å²) in [6, 6.07) is 9.93. The van der Waals surface area contributed by atoms with Gasteiger partial charge in [0.15, 0.2) is 17.3 Å². The number of methoxy groups -OCH3 is 3. The predicted molar refractivity (Wildman–Crippen MR) is 109 cm³/mol. The van der Waals surface area contributed by atoms with Crippen LogP contribution in [0.4, 0.5) is 10.1 Å². The molecule has 0 unspecified atom stereocenters. The number of halogens is 1. The predicted octanol–water partition coefficient (Wildman–Crippen LogP) is 3.49. The fourth-order valence-corrected chi connectivity index (χ4v) is 3.66. The molecule has 1 aliphatic heterocycles. The molecule has 0 spiro atoms. The largest absolute Gasteiger partial charge is 0.493 e. The van der Waals surface area contributed by atoms with Crippen LogP contribution in [0.5, 0.6) is 17.2 Å². The van der Waals surface area contributed by atoms with Crippen molar-refractivity contribution < 1.29 is 18.6 Å². The van der Waals surface area contributed by atoms with E-state index < -0.39 is 0 Å². The number of rotatable bonds is 5. The molecule has 0 saturated carbocycles. The smallest absolute Gasteiger partial charge is 0.211 e. The molecule has 0 radical (unpaired) electrons. The Morgan fingerprint density at radius 3 is 2.45 bits per heavy atom. The first-order chi connectivity index (χ1) is 14.1. The molecule has 1 N–H and O–H groups in total. The Morgan fingerprint density at radius 2 is 1.79 bits per heavy atom. The van der Waals surface area contributed by atoms with Crippen LogP contribution in [-0.2, 0) is 0 Å².